The van der Waals surface area contributed by atoms with Crippen LogP contribution in [-0.2, 0) is 19.1 Å². The fourth-order valence-corrected chi connectivity index (χ4v) is 5.28. The van der Waals surface area contributed by atoms with Crippen molar-refractivity contribution in [1.82, 2.24) is 5.32 Å². The van der Waals surface area contributed by atoms with Crippen LogP contribution >= 0.6 is 0 Å². The molecule has 2 saturated heterocycles. The van der Waals surface area contributed by atoms with E-state index >= 15 is 0 Å². The lowest BCUT2D eigenvalue weighted by atomic mass is 9.55. The van der Waals surface area contributed by atoms with Gasteiger partial charge in [-0.15, -0.1) is 0 Å². The van der Waals surface area contributed by atoms with E-state index in [0.29, 0.717) is 5.57 Å². The van der Waals surface area contributed by atoms with Gasteiger partial charge in [0, 0.05) is 11.5 Å². The summed E-state index contributed by atoms with van der Waals surface area (Å²) in [4.78, 5) is 24.2. The molecule has 2 aliphatic heterocycles. The quantitative estimate of drug-likeness (QED) is 0.473. The Hall–Kier alpha value is -1.62. The number of nitrogens with one attached hydrogen (secondary N) is 1. The molecule has 0 unspecified atom stereocenters. The molecule has 2 saturated carbocycles. The van der Waals surface area contributed by atoms with Crippen LogP contribution in [0.2, 0.25) is 0 Å². The number of hydrogen-bond acceptors (Lipinski definition) is 5. The molecule has 6 atom stereocenters. The van der Waals surface area contributed by atoms with Gasteiger partial charge in [0.05, 0.1) is 0 Å². The van der Waals surface area contributed by atoms with Crippen LogP contribution in [0.5, 0.6) is 0 Å². The second-order valence-corrected chi connectivity index (χ2v) is 8.41. The van der Waals surface area contributed by atoms with Crippen LogP contribution < -0.4 is 5.32 Å². The van der Waals surface area contributed by atoms with E-state index in [9.17, 15) is 9.59 Å². The first kappa shape index (κ1) is 16.8. The fourth-order valence-electron chi connectivity index (χ4n) is 5.28. The molecule has 0 radical (unpaired) electrons. The van der Waals surface area contributed by atoms with Gasteiger partial charge in [0.15, 0.2) is 0 Å². The SMILES string of the molecule is C=C1C(=O)O[C@@H]2C[C@@]3(C)CC[C@@H](OC(=O)[C@H]4CCCN4)C(=C)[C@@H]3C[C@H]12. The number of ether oxygens (including phenoxy) is 2. The zero-order valence-electron chi connectivity index (χ0n) is 14.9. The van der Waals surface area contributed by atoms with Crippen molar-refractivity contribution in [2.75, 3.05) is 6.54 Å². The molecule has 0 amide bonds. The number of hydrogen-bond donors (Lipinski definition) is 1. The molecule has 2 aliphatic carbocycles. The van der Waals surface area contributed by atoms with Crippen molar-refractivity contribution < 1.29 is 19.1 Å². The maximum atomic E-state index is 12.4. The Kier molecular flexibility index (Phi) is 4.02. The van der Waals surface area contributed by atoms with E-state index in [2.05, 4.69) is 25.4 Å². The summed E-state index contributed by atoms with van der Waals surface area (Å²) in [5.74, 6) is -0.0840. The summed E-state index contributed by atoms with van der Waals surface area (Å²) >= 11 is 0. The summed E-state index contributed by atoms with van der Waals surface area (Å²) in [5, 5.41) is 3.20. The molecule has 2 heterocycles. The zero-order valence-corrected chi connectivity index (χ0v) is 14.9. The second kappa shape index (κ2) is 5.97. The molecule has 4 fully saturated rings. The Labute approximate surface area is 148 Å². The number of carbonyl (C=O) groups excluding carboxylic acids is 2. The van der Waals surface area contributed by atoms with Gasteiger partial charge in [-0.2, -0.15) is 0 Å². The van der Waals surface area contributed by atoms with Crippen molar-refractivity contribution in [2.45, 2.75) is 63.7 Å². The molecule has 0 aromatic carbocycles. The Morgan fingerprint density at radius 2 is 2.16 bits per heavy atom. The lowest BCUT2D eigenvalue weighted by Gasteiger charge is -2.51. The summed E-state index contributed by atoms with van der Waals surface area (Å²) in [6.07, 6.45) is 5.04. The highest BCUT2D eigenvalue weighted by molar-refractivity contribution is 5.90. The first-order valence-corrected chi connectivity index (χ1v) is 9.41. The van der Waals surface area contributed by atoms with E-state index in [1.807, 2.05) is 0 Å². The Balaban J connectivity index is 1.48. The summed E-state index contributed by atoms with van der Waals surface area (Å²) < 4.78 is 11.3. The predicted octanol–water partition coefficient (Wildman–Crippen LogP) is 2.51. The lowest BCUT2D eigenvalue weighted by Crippen LogP contribution is -2.48. The molecule has 0 aromatic heterocycles. The number of rotatable bonds is 2. The Morgan fingerprint density at radius 3 is 2.88 bits per heavy atom. The maximum absolute atomic E-state index is 12.4. The van der Waals surface area contributed by atoms with Gasteiger partial charge in [-0.3, -0.25) is 4.79 Å². The topological polar surface area (TPSA) is 64.6 Å². The van der Waals surface area contributed by atoms with Crippen LogP contribution in [-0.4, -0.2) is 36.7 Å². The molecular weight excluding hydrogens is 318 g/mol. The van der Waals surface area contributed by atoms with Crippen molar-refractivity contribution in [1.29, 1.82) is 0 Å². The van der Waals surface area contributed by atoms with Crippen molar-refractivity contribution in [2.24, 2.45) is 17.3 Å². The average molecular weight is 345 g/mol. The van der Waals surface area contributed by atoms with Gasteiger partial charge >= 0.3 is 11.9 Å². The van der Waals surface area contributed by atoms with Gasteiger partial charge < -0.3 is 14.8 Å². The summed E-state index contributed by atoms with van der Waals surface area (Å²) in [5.41, 5.74) is 1.65. The van der Waals surface area contributed by atoms with E-state index in [1.54, 1.807) is 0 Å². The highest BCUT2D eigenvalue weighted by atomic mass is 16.6. The van der Waals surface area contributed by atoms with Crippen molar-refractivity contribution in [3.8, 4) is 0 Å². The molecule has 25 heavy (non-hydrogen) atoms. The predicted molar refractivity (Wildman–Crippen MR) is 92.6 cm³/mol. The van der Waals surface area contributed by atoms with E-state index in [1.165, 1.54) is 0 Å². The summed E-state index contributed by atoms with van der Waals surface area (Å²) in [7, 11) is 0. The fraction of sp³-hybridized carbons (Fsp3) is 0.700. The lowest BCUT2D eigenvalue weighted by molar-refractivity contribution is -0.154. The van der Waals surface area contributed by atoms with E-state index in [-0.39, 0.29) is 47.4 Å². The number of esters is 2. The molecular formula is C20H27NO4. The third kappa shape index (κ3) is 2.73. The van der Waals surface area contributed by atoms with Crippen LogP contribution in [0, 0.1) is 17.3 Å². The van der Waals surface area contributed by atoms with Crippen LogP contribution in [0.3, 0.4) is 0 Å². The average Bonchev–Trinajstić information content (AvgIpc) is 3.19. The minimum absolute atomic E-state index is 0.0455. The Bertz CT molecular complexity index is 636. The largest absolute Gasteiger partial charge is 0.458 e. The van der Waals surface area contributed by atoms with Crippen molar-refractivity contribution in [3.63, 3.8) is 0 Å². The normalized spacial score (nSPS) is 43.4. The molecule has 0 bridgehead atoms. The third-order valence-electron chi connectivity index (χ3n) is 6.86. The summed E-state index contributed by atoms with van der Waals surface area (Å²) in [6.45, 7) is 11.4. The minimum Gasteiger partial charge on any atom is -0.458 e. The van der Waals surface area contributed by atoms with Crippen molar-refractivity contribution >= 4 is 11.9 Å². The van der Waals surface area contributed by atoms with Gasteiger partial charge in [-0.1, -0.05) is 20.1 Å². The van der Waals surface area contributed by atoms with Crippen LogP contribution in [0.1, 0.15) is 45.4 Å². The van der Waals surface area contributed by atoms with E-state index in [4.69, 9.17) is 9.47 Å². The first-order valence-electron chi connectivity index (χ1n) is 9.41. The van der Waals surface area contributed by atoms with Crippen LogP contribution in [0.15, 0.2) is 24.3 Å². The second-order valence-electron chi connectivity index (χ2n) is 8.41. The molecule has 4 rings (SSSR count). The van der Waals surface area contributed by atoms with Gasteiger partial charge in [0.25, 0.3) is 0 Å². The van der Waals surface area contributed by atoms with Gasteiger partial charge in [0.2, 0.25) is 0 Å². The van der Waals surface area contributed by atoms with Gasteiger partial charge in [-0.25, -0.2) is 4.79 Å². The molecule has 5 nitrogen and oxygen atoms in total. The van der Waals surface area contributed by atoms with E-state index in [0.717, 1.165) is 50.6 Å². The molecule has 4 aliphatic rings. The van der Waals surface area contributed by atoms with Crippen LogP contribution in [0.25, 0.3) is 0 Å². The third-order valence-corrected chi connectivity index (χ3v) is 6.86. The Morgan fingerprint density at radius 1 is 1.36 bits per heavy atom. The first-order chi connectivity index (χ1) is 11.9. The number of carbonyl (C=O) groups is 2. The highest BCUT2D eigenvalue weighted by Crippen LogP contribution is 2.57. The van der Waals surface area contributed by atoms with Crippen molar-refractivity contribution in [3.05, 3.63) is 24.3 Å². The van der Waals surface area contributed by atoms with Gasteiger partial charge in [-0.05, 0) is 62.0 Å². The molecule has 1 N–H and O–H groups in total. The minimum atomic E-state index is -0.252. The molecule has 0 aromatic rings. The molecule has 5 heteroatoms. The standard InChI is InChI=1S/C20H27NO4/c1-11-13-9-14-12(2)16(24-19(23)15-5-4-8-21-15)6-7-20(14,3)10-17(13)25-18(11)22/h13-17,21H,1-2,4-10H2,3H3/t13-,14+,15-,16-,17-,20-/m1/s1. The monoisotopic (exact) mass is 345 g/mol. The smallest absolute Gasteiger partial charge is 0.334 e. The maximum Gasteiger partial charge on any atom is 0.334 e. The highest BCUT2D eigenvalue weighted by Gasteiger charge is 2.54. The summed E-state index contributed by atoms with van der Waals surface area (Å²) in [6, 6.07) is -0.169. The van der Waals surface area contributed by atoms with E-state index < -0.39 is 0 Å². The number of fused-ring (bicyclic) bond motifs is 2. The zero-order chi connectivity index (χ0) is 17.8. The van der Waals surface area contributed by atoms with Gasteiger partial charge in [0.1, 0.15) is 18.2 Å². The molecule has 0 spiro atoms. The molecule has 136 valence electrons. The van der Waals surface area contributed by atoms with Crippen LogP contribution in [0.4, 0.5) is 0 Å².